The van der Waals surface area contributed by atoms with Crippen molar-refractivity contribution in [2.75, 3.05) is 18.1 Å². The smallest absolute Gasteiger partial charge is 0.188 e. The highest BCUT2D eigenvalue weighted by Crippen LogP contribution is 2.50. The summed E-state index contributed by atoms with van der Waals surface area (Å²) in [6.45, 7) is 5.44. The monoisotopic (exact) mass is 441 g/mol. The summed E-state index contributed by atoms with van der Waals surface area (Å²) in [5, 5.41) is 8.54. The zero-order valence-electron chi connectivity index (χ0n) is 16.6. The number of benzene rings is 1. The van der Waals surface area contributed by atoms with E-state index in [-0.39, 0.29) is 23.7 Å². The minimum atomic E-state index is -0.333. The first kappa shape index (κ1) is 18.5. The third kappa shape index (κ3) is 2.53. The van der Waals surface area contributed by atoms with Gasteiger partial charge in [-0.1, -0.05) is 16.8 Å². The molecule has 30 heavy (non-hydrogen) atoms. The van der Waals surface area contributed by atoms with Crippen LogP contribution in [0, 0.1) is 5.41 Å². The maximum absolute atomic E-state index is 6.98. The zero-order valence-corrected chi connectivity index (χ0v) is 18.2. The third-order valence-corrected chi connectivity index (χ3v) is 7.37. The van der Waals surface area contributed by atoms with Crippen LogP contribution in [0.2, 0.25) is 5.02 Å². The second-order valence-corrected chi connectivity index (χ2v) is 9.52. The standard InChI is InChI=1S/C21H20ClN5O2S/c1-11-7-27-17-13(6-21(8-23-10-24-9-21)19(27)12(2)28-11)5-14-16(20-25-3-4-30-20)26-29-18(14)15(17)22/h3-5,8-9,11-12,19H,6-7,10H2,1-2H3/t11-,12+,19-/m1/s1. The Balaban J connectivity index is 1.60. The Morgan fingerprint density at radius 1 is 1.27 bits per heavy atom. The van der Waals surface area contributed by atoms with E-state index in [1.54, 1.807) is 6.20 Å². The lowest BCUT2D eigenvalue weighted by Gasteiger charge is -2.54. The van der Waals surface area contributed by atoms with Crippen LogP contribution in [0.15, 0.2) is 32.2 Å². The number of thiazole rings is 1. The largest absolute Gasteiger partial charge is 0.372 e. The van der Waals surface area contributed by atoms with Crippen LogP contribution in [-0.4, -0.2) is 54.0 Å². The van der Waals surface area contributed by atoms with Crippen LogP contribution in [0.3, 0.4) is 0 Å². The predicted octanol–water partition coefficient (Wildman–Crippen LogP) is 4.24. The minimum Gasteiger partial charge on any atom is -0.372 e. The fraction of sp³-hybridized carbons (Fsp3) is 0.429. The van der Waals surface area contributed by atoms with Crippen LogP contribution < -0.4 is 4.90 Å². The second kappa shape index (κ2) is 6.60. The molecule has 2 aromatic heterocycles. The van der Waals surface area contributed by atoms with Crippen LogP contribution in [0.25, 0.3) is 21.7 Å². The molecule has 0 saturated carbocycles. The number of hydrogen-bond donors (Lipinski definition) is 0. The lowest BCUT2D eigenvalue weighted by atomic mass is 9.69. The summed E-state index contributed by atoms with van der Waals surface area (Å²) in [6.07, 6.45) is 6.73. The van der Waals surface area contributed by atoms with Gasteiger partial charge in [0.25, 0.3) is 0 Å². The molecule has 154 valence electrons. The molecule has 1 spiro atoms. The van der Waals surface area contributed by atoms with Crippen molar-refractivity contribution in [3.63, 3.8) is 0 Å². The van der Waals surface area contributed by atoms with Gasteiger partial charge < -0.3 is 14.2 Å². The van der Waals surface area contributed by atoms with Gasteiger partial charge in [0.1, 0.15) is 22.4 Å². The number of aliphatic imine (C=N–C) groups is 2. The minimum absolute atomic E-state index is 0.00488. The molecule has 3 aliphatic heterocycles. The number of aromatic nitrogens is 2. The van der Waals surface area contributed by atoms with Crippen molar-refractivity contribution in [2.45, 2.75) is 38.5 Å². The van der Waals surface area contributed by atoms with E-state index in [1.165, 1.54) is 11.3 Å². The molecule has 5 heterocycles. The van der Waals surface area contributed by atoms with E-state index in [4.69, 9.17) is 20.9 Å². The molecule has 0 unspecified atom stereocenters. The number of morpholine rings is 1. The van der Waals surface area contributed by atoms with Gasteiger partial charge in [-0.2, -0.15) is 0 Å². The van der Waals surface area contributed by atoms with Crippen molar-refractivity contribution >= 4 is 52.0 Å². The van der Waals surface area contributed by atoms with E-state index >= 15 is 0 Å². The lowest BCUT2D eigenvalue weighted by molar-refractivity contribution is -0.0429. The van der Waals surface area contributed by atoms with Gasteiger partial charge in [0.15, 0.2) is 5.58 Å². The number of nitrogens with zero attached hydrogens (tertiary/aromatic N) is 5. The van der Waals surface area contributed by atoms with Crippen LogP contribution in [-0.2, 0) is 11.2 Å². The summed E-state index contributed by atoms with van der Waals surface area (Å²) >= 11 is 8.51. The molecular formula is C21H20ClN5O2S. The molecule has 0 aliphatic carbocycles. The molecule has 0 amide bonds. The highest BCUT2D eigenvalue weighted by Gasteiger charge is 2.52. The molecule has 0 N–H and O–H groups in total. The van der Waals surface area contributed by atoms with Gasteiger partial charge >= 0.3 is 0 Å². The molecular weight excluding hydrogens is 422 g/mol. The summed E-state index contributed by atoms with van der Waals surface area (Å²) in [4.78, 5) is 15.8. The lowest BCUT2D eigenvalue weighted by Crippen LogP contribution is -2.65. The summed E-state index contributed by atoms with van der Waals surface area (Å²) in [7, 11) is 0. The Bertz CT molecular complexity index is 1180. The number of ether oxygens (including phenoxy) is 1. The summed E-state index contributed by atoms with van der Waals surface area (Å²) in [6, 6.07) is 2.22. The quantitative estimate of drug-likeness (QED) is 0.564. The van der Waals surface area contributed by atoms with E-state index in [0.717, 1.165) is 40.3 Å². The predicted molar refractivity (Wildman–Crippen MR) is 119 cm³/mol. The van der Waals surface area contributed by atoms with Crippen molar-refractivity contribution in [2.24, 2.45) is 15.4 Å². The van der Waals surface area contributed by atoms with Crippen molar-refractivity contribution < 1.29 is 9.26 Å². The first-order valence-electron chi connectivity index (χ1n) is 10.0. The number of hydrogen-bond acceptors (Lipinski definition) is 8. The first-order valence-corrected chi connectivity index (χ1v) is 11.3. The number of anilines is 1. The average molecular weight is 442 g/mol. The summed E-state index contributed by atoms with van der Waals surface area (Å²) in [5.41, 5.74) is 3.16. The Morgan fingerprint density at radius 3 is 2.87 bits per heavy atom. The van der Waals surface area contributed by atoms with Gasteiger partial charge in [-0.15, -0.1) is 11.3 Å². The molecule has 6 rings (SSSR count). The van der Waals surface area contributed by atoms with Crippen LogP contribution in [0.5, 0.6) is 0 Å². The topological polar surface area (TPSA) is 76.1 Å². The first-order chi connectivity index (χ1) is 14.6. The Morgan fingerprint density at radius 2 is 2.10 bits per heavy atom. The van der Waals surface area contributed by atoms with Gasteiger partial charge in [0, 0.05) is 30.6 Å². The van der Waals surface area contributed by atoms with E-state index in [2.05, 4.69) is 57.4 Å². The third-order valence-electron chi connectivity index (χ3n) is 6.24. The zero-order chi connectivity index (χ0) is 20.5. The molecule has 0 radical (unpaired) electrons. The van der Waals surface area contributed by atoms with Gasteiger partial charge in [-0.25, -0.2) is 4.98 Å². The van der Waals surface area contributed by atoms with E-state index in [0.29, 0.717) is 17.3 Å². The molecule has 7 nitrogen and oxygen atoms in total. The SMILES string of the molecule is C[C@@H]1CN2c3c(cc4c(-c5nccs5)noc4c3Cl)CC3(C=NCN=C3)[C@H]2[C@H](C)O1. The van der Waals surface area contributed by atoms with E-state index in [9.17, 15) is 0 Å². The normalized spacial score (nSPS) is 26.9. The van der Waals surface area contributed by atoms with Crippen LogP contribution >= 0.6 is 22.9 Å². The maximum atomic E-state index is 6.98. The molecule has 9 heteroatoms. The van der Waals surface area contributed by atoms with E-state index < -0.39 is 0 Å². The molecule has 3 aromatic rings. The average Bonchev–Trinajstić information content (AvgIpc) is 3.37. The fourth-order valence-corrected chi connectivity index (χ4v) is 6.28. The van der Waals surface area contributed by atoms with E-state index in [1.807, 2.05) is 5.38 Å². The molecule has 1 aromatic carbocycles. The molecule has 0 bridgehead atoms. The van der Waals surface area contributed by atoms with Gasteiger partial charge in [-0.3, -0.25) is 9.98 Å². The fourth-order valence-electron chi connectivity index (χ4n) is 5.29. The number of halogens is 1. The Labute approximate surface area is 182 Å². The van der Waals surface area contributed by atoms with Crippen LogP contribution in [0.1, 0.15) is 19.4 Å². The Hall–Kier alpha value is -2.29. The van der Waals surface area contributed by atoms with Gasteiger partial charge in [-0.05, 0) is 31.9 Å². The van der Waals surface area contributed by atoms with Crippen molar-refractivity contribution in [3.8, 4) is 10.7 Å². The highest BCUT2D eigenvalue weighted by molar-refractivity contribution is 7.13. The van der Waals surface area contributed by atoms with Gasteiger partial charge in [0.2, 0.25) is 0 Å². The van der Waals surface area contributed by atoms with Gasteiger partial charge in [0.05, 0.1) is 34.7 Å². The maximum Gasteiger partial charge on any atom is 0.188 e. The molecule has 3 aliphatic rings. The highest BCUT2D eigenvalue weighted by atomic mass is 35.5. The number of fused-ring (bicyclic) bond motifs is 5. The molecule has 1 saturated heterocycles. The second-order valence-electron chi connectivity index (χ2n) is 8.25. The molecule has 3 atom stereocenters. The molecule has 1 fully saturated rings. The van der Waals surface area contributed by atoms with Crippen molar-refractivity contribution in [1.29, 1.82) is 0 Å². The van der Waals surface area contributed by atoms with Crippen molar-refractivity contribution in [1.82, 2.24) is 10.1 Å². The summed E-state index contributed by atoms with van der Waals surface area (Å²) in [5.74, 6) is 0. The summed E-state index contributed by atoms with van der Waals surface area (Å²) < 4.78 is 11.9. The van der Waals surface area contributed by atoms with Crippen molar-refractivity contribution in [3.05, 3.63) is 28.2 Å². The Kier molecular flexibility index (Phi) is 4.07. The van der Waals surface area contributed by atoms with Crippen LogP contribution in [0.4, 0.5) is 5.69 Å². The number of rotatable bonds is 1.